The summed E-state index contributed by atoms with van der Waals surface area (Å²) >= 11 is 6.48. The first-order valence-electron chi connectivity index (χ1n) is 13.2. The summed E-state index contributed by atoms with van der Waals surface area (Å²) in [5.74, 6) is -0.134. The number of aromatic nitrogens is 2. The zero-order chi connectivity index (χ0) is 29.1. The van der Waals surface area contributed by atoms with Gasteiger partial charge in [-0.15, -0.1) is 0 Å². The zero-order valence-corrected chi connectivity index (χ0v) is 24.1. The van der Waals surface area contributed by atoms with Gasteiger partial charge in [0.05, 0.1) is 23.5 Å². The number of nitrogens with one attached hydrogen (secondary N) is 2. The molecule has 0 saturated heterocycles. The van der Waals surface area contributed by atoms with Crippen LogP contribution < -0.4 is 15.5 Å². The molecule has 0 spiro atoms. The summed E-state index contributed by atoms with van der Waals surface area (Å²) in [4.78, 5) is 30.3. The lowest BCUT2D eigenvalue weighted by Crippen LogP contribution is -2.30. The van der Waals surface area contributed by atoms with Gasteiger partial charge in [0.2, 0.25) is 5.95 Å². The standard InChI is InChI=1S/C31H31ClFN7O/c1-34-30(41)19-8-11-22(12-9-19)37-31-36-18-20-17-35-29(24-16-21(32)10-13-23(24)28(20)38-31)27-25(33)6-5-7-26(27)40(4)15-14-39(2)3/h5-13,16,18H,14-15,17H2,1-4H3,(H,34,41)(H,36,37,38). The molecule has 210 valence electrons. The van der Waals surface area contributed by atoms with Crippen LogP contribution in [0.3, 0.4) is 0 Å². The van der Waals surface area contributed by atoms with Crippen molar-refractivity contribution >= 4 is 40.5 Å². The van der Waals surface area contributed by atoms with Crippen molar-refractivity contribution in [3.8, 4) is 11.3 Å². The summed E-state index contributed by atoms with van der Waals surface area (Å²) in [5.41, 5.74) is 5.95. The van der Waals surface area contributed by atoms with Crippen LogP contribution in [0.15, 0.2) is 71.9 Å². The van der Waals surface area contributed by atoms with E-state index in [0.717, 1.165) is 29.0 Å². The summed E-state index contributed by atoms with van der Waals surface area (Å²) in [5, 5.41) is 6.34. The molecule has 3 aromatic carbocycles. The maximum absolute atomic E-state index is 15.6. The van der Waals surface area contributed by atoms with Crippen LogP contribution in [0, 0.1) is 5.82 Å². The van der Waals surface area contributed by atoms with Gasteiger partial charge in [-0.25, -0.2) is 14.4 Å². The molecule has 2 N–H and O–H groups in total. The number of nitrogens with zero attached hydrogens (tertiary/aromatic N) is 5. The molecule has 1 aliphatic heterocycles. The molecule has 41 heavy (non-hydrogen) atoms. The molecular formula is C31H31ClFN7O. The minimum atomic E-state index is -0.358. The fraction of sp³-hybridized carbons (Fsp3) is 0.226. The highest BCUT2D eigenvalue weighted by Crippen LogP contribution is 2.36. The molecule has 0 fully saturated rings. The number of hydrogen-bond donors (Lipinski definition) is 2. The minimum absolute atomic E-state index is 0.161. The zero-order valence-electron chi connectivity index (χ0n) is 23.4. The molecule has 1 aromatic heterocycles. The average molecular weight is 572 g/mol. The van der Waals surface area contributed by atoms with E-state index < -0.39 is 0 Å². The van der Waals surface area contributed by atoms with E-state index in [0.29, 0.717) is 45.6 Å². The van der Waals surface area contributed by atoms with Gasteiger partial charge in [-0.05, 0) is 62.6 Å². The minimum Gasteiger partial charge on any atom is -0.373 e. The van der Waals surface area contributed by atoms with Crippen molar-refractivity contribution in [2.24, 2.45) is 4.99 Å². The Morgan fingerprint density at radius 1 is 1.02 bits per heavy atom. The van der Waals surface area contributed by atoms with Crippen LogP contribution in [-0.2, 0) is 6.54 Å². The first-order valence-corrected chi connectivity index (χ1v) is 13.6. The van der Waals surface area contributed by atoms with Crippen LogP contribution in [0.1, 0.15) is 27.0 Å². The Morgan fingerprint density at radius 2 is 1.80 bits per heavy atom. The molecule has 0 unspecified atom stereocenters. The summed E-state index contributed by atoms with van der Waals surface area (Å²) in [6, 6.07) is 17.6. The van der Waals surface area contributed by atoms with Crippen molar-refractivity contribution in [1.82, 2.24) is 20.2 Å². The number of rotatable bonds is 8. The maximum Gasteiger partial charge on any atom is 0.251 e. The lowest BCUT2D eigenvalue weighted by molar-refractivity contribution is 0.0963. The van der Waals surface area contributed by atoms with E-state index >= 15 is 4.39 Å². The second-order valence-corrected chi connectivity index (χ2v) is 10.5. The van der Waals surface area contributed by atoms with E-state index in [2.05, 4.69) is 20.5 Å². The van der Waals surface area contributed by atoms with E-state index in [1.807, 2.05) is 44.2 Å². The number of benzene rings is 3. The van der Waals surface area contributed by atoms with Crippen molar-refractivity contribution in [3.05, 3.63) is 100.0 Å². The van der Waals surface area contributed by atoms with Gasteiger partial charge in [-0.3, -0.25) is 9.79 Å². The van der Waals surface area contributed by atoms with Gasteiger partial charge in [0, 0.05) is 72.0 Å². The normalized spacial score (nSPS) is 12.2. The fourth-order valence-electron chi connectivity index (χ4n) is 4.71. The Kier molecular flexibility index (Phi) is 8.28. The molecule has 2 heterocycles. The van der Waals surface area contributed by atoms with Gasteiger partial charge in [-0.1, -0.05) is 23.7 Å². The number of amides is 1. The van der Waals surface area contributed by atoms with E-state index in [1.54, 1.807) is 49.6 Å². The molecule has 0 bridgehead atoms. The predicted octanol–water partition coefficient (Wildman–Crippen LogP) is 5.39. The number of halogens is 2. The molecular weight excluding hydrogens is 541 g/mol. The molecule has 5 rings (SSSR count). The molecule has 1 amide bonds. The first kappa shape index (κ1) is 28.2. The van der Waals surface area contributed by atoms with Gasteiger partial charge in [0.25, 0.3) is 5.91 Å². The number of likely N-dealkylation sites (N-methyl/N-ethyl adjacent to an activating group) is 2. The number of hydrogen-bond acceptors (Lipinski definition) is 7. The highest BCUT2D eigenvalue weighted by Gasteiger charge is 2.26. The molecule has 0 aliphatic carbocycles. The van der Waals surface area contributed by atoms with E-state index in [9.17, 15) is 4.79 Å². The van der Waals surface area contributed by atoms with Crippen molar-refractivity contribution < 1.29 is 9.18 Å². The summed E-state index contributed by atoms with van der Waals surface area (Å²) in [6.07, 6.45) is 1.74. The number of anilines is 3. The molecule has 0 atom stereocenters. The van der Waals surface area contributed by atoms with Crippen molar-refractivity contribution in [1.29, 1.82) is 0 Å². The number of carbonyl (C=O) groups is 1. The van der Waals surface area contributed by atoms with E-state index in [4.69, 9.17) is 21.6 Å². The summed E-state index contributed by atoms with van der Waals surface area (Å²) in [7, 11) is 7.57. The first-order chi connectivity index (χ1) is 19.7. The summed E-state index contributed by atoms with van der Waals surface area (Å²) in [6.45, 7) is 1.80. The predicted molar refractivity (Wildman–Crippen MR) is 163 cm³/mol. The van der Waals surface area contributed by atoms with Gasteiger partial charge < -0.3 is 20.4 Å². The SMILES string of the molecule is CNC(=O)c1ccc(Nc2ncc3c(n2)-c2ccc(Cl)cc2C(c2c(F)cccc2N(C)CCN(C)C)=NC3)cc1. The van der Waals surface area contributed by atoms with E-state index in [-0.39, 0.29) is 18.3 Å². The maximum atomic E-state index is 15.6. The second kappa shape index (κ2) is 12.0. The van der Waals surface area contributed by atoms with Crippen LogP contribution in [0.2, 0.25) is 5.02 Å². The second-order valence-electron chi connectivity index (χ2n) is 10.1. The van der Waals surface area contributed by atoms with Gasteiger partial charge in [0.15, 0.2) is 0 Å². The van der Waals surface area contributed by atoms with Crippen LogP contribution in [0.5, 0.6) is 0 Å². The summed E-state index contributed by atoms with van der Waals surface area (Å²) < 4.78 is 15.6. The number of fused-ring (bicyclic) bond motifs is 3. The van der Waals surface area contributed by atoms with Gasteiger partial charge in [-0.2, -0.15) is 0 Å². The molecule has 1 aliphatic rings. The van der Waals surface area contributed by atoms with Crippen molar-refractivity contribution in [2.45, 2.75) is 6.54 Å². The lowest BCUT2D eigenvalue weighted by atomic mass is 9.94. The highest BCUT2D eigenvalue weighted by atomic mass is 35.5. The Balaban J connectivity index is 1.55. The Labute approximate surface area is 243 Å². The molecule has 0 radical (unpaired) electrons. The smallest absolute Gasteiger partial charge is 0.251 e. The molecule has 10 heteroatoms. The largest absolute Gasteiger partial charge is 0.373 e. The Bertz CT molecular complexity index is 1620. The third-order valence-corrected chi connectivity index (χ3v) is 7.15. The third-order valence-electron chi connectivity index (χ3n) is 6.92. The van der Waals surface area contributed by atoms with Crippen LogP contribution in [-0.4, -0.2) is 67.8 Å². The Morgan fingerprint density at radius 3 is 2.54 bits per heavy atom. The monoisotopic (exact) mass is 571 g/mol. The van der Waals surface area contributed by atoms with Crippen molar-refractivity contribution in [2.75, 3.05) is 51.5 Å². The van der Waals surface area contributed by atoms with Crippen molar-refractivity contribution in [3.63, 3.8) is 0 Å². The quantitative estimate of drug-likeness (QED) is 0.295. The number of carbonyl (C=O) groups excluding carboxylic acids is 1. The van der Waals surface area contributed by atoms with Crippen LogP contribution in [0.25, 0.3) is 11.3 Å². The molecule has 0 saturated carbocycles. The topological polar surface area (TPSA) is 85.7 Å². The average Bonchev–Trinajstić information content (AvgIpc) is 3.12. The van der Waals surface area contributed by atoms with Gasteiger partial charge in [0.1, 0.15) is 5.82 Å². The third kappa shape index (κ3) is 6.06. The van der Waals surface area contributed by atoms with Crippen LogP contribution >= 0.6 is 11.6 Å². The van der Waals surface area contributed by atoms with E-state index in [1.165, 1.54) is 6.07 Å². The molecule has 8 nitrogen and oxygen atoms in total. The van der Waals surface area contributed by atoms with Crippen LogP contribution in [0.4, 0.5) is 21.7 Å². The Hall–Kier alpha value is -4.34. The highest BCUT2D eigenvalue weighted by molar-refractivity contribution is 6.32. The van der Waals surface area contributed by atoms with Gasteiger partial charge >= 0.3 is 0 Å². The fourth-order valence-corrected chi connectivity index (χ4v) is 4.88. The number of aliphatic imine (C=N–C) groups is 1. The lowest BCUT2D eigenvalue weighted by Gasteiger charge is -2.25. The molecule has 4 aromatic rings.